The fourth-order valence-corrected chi connectivity index (χ4v) is 1.39. The Kier molecular flexibility index (Phi) is 4.22. The van der Waals surface area contributed by atoms with Gasteiger partial charge in [0.05, 0.1) is 12.1 Å². The van der Waals surface area contributed by atoms with Crippen LogP contribution in [-0.2, 0) is 4.79 Å². The van der Waals surface area contributed by atoms with Crippen molar-refractivity contribution >= 4 is 23.2 Å². The molecule has 1 N–H and O–H groups in total. The zero-order valence-electron chi connectivity index (χ0n) is 8.77. The van der Waals surface area contributed by atoms with Crippen molar-refractivity contribution < 1.29 is 22.7 Å². The van der Waals surface area contributed by atoms with Gasteiger partial charge in [0.25, 0.3) is 0 Å². The molecule has 0 bridgehead atoms. The van der Waals surface area contributed by atoms with Crippen LogP contribution in [0.25, 0.3) is 0 Å². The van der Waals surface area contributed by atoms with Crippen molar-refractivity contribution in [2.24, 2.45) is 0 Å². The van der Waals surface area contributed by atoms with E-state index >= 15 is 0 Å². The second kappa shape index (κ2) is 5.27. The summed E-state index contributed by atoms with van der Waals surface area (Å²) < 4.78 is 40.6. The third-order valence-electron chi connectivity index (χ3n) is 1.80. The highest BCUT2D eigenvalue weighted by Gasteiger charge is 2.31. The Morgan fingerprint density at radius 1 is 1.47 bits per heavy atom. The molecule has 0 saturated heterocycles. The van der Waals surface area contributed by atoms with Gasteiger partial charge in [-0.2, -0.15) is 13.2 Å². The number of anilines is 1. The lowest BCUT2D eigenvalue weighted by Gasteiger charge is -2.09. The van der Waals surface area contributed by atoms with E-state index in [1.165, 1.54) is 25.3 Å². The zero-order chi connectivity index (χ0) is 13.1. The number of ether oxygens (including phenoxy) is 1. The summed E-state index contributed by atoms with van der Waals surface area (Å²) in [5.74, 6) is -0.765. The van der Waals surface area contributed by atoms with E-state index in [2.05, 4.69) is 5.32 Å². The predicted octanol–water partition coefficient (Wildman–Crippen LogP) is 3.24. The number of nitrogens with one attached hydrogen (secondary N) is 1. The van der Waals surface area contributed by atoms with E-state index < -0.39 is 18.5 Å². The van der Waals surface area contributed by atoms with Gasteiger partial charge in [0.2, 0.25) is 5.91 Å². The first kappa shape index (κ1) is 13.6. The fourth-order valence-electron chi connectivity index (χ4n) is 1.13. The lowest BCUT2D eigenvalue weighted by atomic mass is 10.3. The van der Waals surface area contributed by atoms with Crippen molar-refractivity contribution in [2.75, 3.05) is 12.4 Å². The van der Waals surface area contributed by atoms with E-state index in [9.17, 15) is 18.0 Å². The highest BCUT2D eigenvalue weighted by Crippen LogP contribution is 2.27. The second-order valence-corrected chi connectivity index (χ2v) is 3.60. The standard InChI is InChI=1S/C10H9ClF3NO2/c1-17-8-3-2-6(4-7(8)11)15-9(16)5-10(12,13)14/h2-4H,5H2,1H3,(H,15,16). The minimum Gasteiger partial charge on any atom is -0.495 e. The van der Waals surface area contributed by atoms with Gasteiger partial charge in [-0.3, -0.25) is 4.79 Å². The average molecular weight is 268 g/mol. The molecular formula is C10H9ClF3NO2. The molecule has 7 heteroatoms. The van der Waals surface area contributed by atoms with E-state index in [0.29, 0.717) is 5.75 Å². The van der Waals surface area contributed by atoms with Gasteiger partial charge in [0.15, 0.2) is 0 Å². The van der Waals surface area contributed by atoms with Crippen LogP contribution < -0.4 is 10.1 Å². The summed E-state index contributed by atoms with van der Waals surface area (Å²) in [5.41, 5.74) is 0.185. The number of carbonyl (C=O) groups is 1. The summed E-state index contributed by atoms with van der Waals surface area (Å²) in [6.45, 7) is 0. The summed E-state index contributed by atoms with van der Waals surface area (Å²) in [5, 5.41) is 2.30. The Morgan fingerprint density at radius 3 is 2.59 bits per heavy atom. The van der Waals surface area contributed by atoms with Crippen LogP contribution in [0.4, 0.5) is 18.9 Å². The molecule has 17 heavy (non-hydrogen) atoms. The first-order chi connectivity index (χ1) is 7.81. The van der Waals surface area contributed by atoms with Crippen LogP contribution in [0.1, 0.15) is 6.42 Å². The lowest BCUT2D eigenvalue weighted by molar-refractivity contribution is -0.150. The van der Waals surface area contributed by atoms with Crippen molar-refractivity contribution in [3.63, 3.8) is 0 Å². The van der Waals surface area contributed by atoms with Gasteiger partial charge in [-0.05, 0) is 18.2 Å². The lowest BCUT2D eigenvalue weighted by Crippen LogP contribution is -2.21. The molecule has 1 aromatic carbocycles. The average Bonchev–Trinajstić information content (AvgIpc) is 2.14. The number of alkyl halides is 3. The van der Waals surface area contributed by atoms with Crippen LogP contribution in [0, 0.1) is 0 Å². The number of methoxy groups -OCH3 is 1. The number of amides is 1. The summed E-state index contributed by atoms with van der Waals surface area (Å²) in [6, 6.07) is 4.17. The number of rotatable bonds is 3. The molecule has 94 valence electrons. The van der Waals surface area contributed by atoms with E-state index in [1.54, 1.807) is 0 Å². The molecule has 0 spiro atoms. The Labute approximate surface area is 101 Å². The van der Waals surface area contributed by atoms with Crippen molar-refractivity contribution in [1.82, 2.24) is 0 Å². The Balaban J connectivity index is 2.69. The third kappa shape index (κ3) is 4.52. The van der Waals surface area contributed by atoms with Gasteiger partial charge in [0.1, 0.15) is 12.2 Å². The topological polar surface area (TPSA) is 38.3 Å². The molecule has 0 unspecified atom stereocenters. The monoisotopic (exact) mass is 267 g/mol. The van der Waals surface area contributed by atoms with Crippen LogP contribution in [0.15, 0.2) is 18.2 Å². The van der Waals surface area contributed by atoms with E-state index in [0.717, 1.165) is 0 Å². The molecule has 1 aromatic rings. The Morgan fingerprint density at radius 2 is 2.12 bits per heavy atom. The van der Waals surface area contributed by atoms with Crippen molar-refractivity contribution in [1.29, 1.82) is 0 Å². The number of hydrogen-bond donors (Lipinski definition) is 1. The fraction of sp³-hybridized carbons (Fsp3) is 0.300. The third-order valence-corrected chi connectivity index (χ3v) is 2.09. The first-order valence-electron chi connectivity index (χ1n) is 4.52. The predicted molar refractivity (Wildman–Crippen MR) is 57.3 cm³/mol. The molecule has 3 nitrogen and oxygen atoms in total. The quantitative estimate of drug-likeness (QED) is 0.913. The van der Waals surface area contributed by atoms with E-state index in [-0.39, 0.29) is 10.7 Å². The highest BCUT2D eigenvalue weighted by molar-refractivity contribution is 6.32. The van der Waals surface area contributed by atoms with E-state index in [4.69, 9.17) is 16.3 Å². The summed E-state index contributed by atoms with van der Waals surface area (Å²) in [6.07, 6.45) is -6.06. The molecule has 0 aliphatic carbocycles. The maximum Gasteiger partial charge on any atom is 0.397 e. The number of hydrogen-bond acceptors (Lipinski definition) is 2. The SMILES string of the molecule is COc1ccc(NC(=O)CC(F)(F)F)cc1Cl. The molecule has 1 rings (SSSR count). The molecule has 0 fully saturated rings. The number of benzene rings is 1. The minimum absolute atomic E-state index is 0.185. The number of carbonyl (C=O) groups excluding carboxylic acids is 1. The highest BCUT2D eigenvalue weighted by atomic mass is 35.5. The van der Waals surface area contributed by atoms with Gasteiger partial charge in [-0.15, -0.1) is 0 Å². The summed E-state index contributed by atoms with van der Waals surface area (Å²) in [7, 11) is 1.41. The largest absolute Gasteiger partial charge is 0.495 e. The molecule has 0 aliphatic rings. The maximum absolute atomic E-state index is 11.9. The van der Waals surface area contributed by atoms with Crippen molar-refractivity contribution in [3.05, 3.63) is 23.2 Å². The normalized spacial score (nSPS) is 11.1. The molecule has 0 heterocycles. The molecule has 0 aromatic heterocycles. The van der Waals surface area contributed by atoms with Crippen LogP contribution in [0.3, 0.4) is 0 Å². The molecule has 1 amide bonds. The summed E-state index contributed by atoms with van der Waals surface area (Å²) in [4.78, 5) is 11.0. The summed E-state index contributed by atoms with van der Waals surface area (Å²) >= 11 is 5.75. The second-order valence-electron chi connectivity index (χ2n) is 3.19. The Bertz CT molecular complexity index is 421. The Hall–Kier alpha value is -1.43. The van der Waals surface area contributed by atoms with Crippen molar-refractivity contribution in [3.8, 4) is 5.75 Å². The minimum atomic E-state index is -4.53. The van der Waals surface area contributed by atoms with Crippen molar-refractivity contribution in [2.45, 2.75) is 12.6 Å². The van der Waals surface area contributed by atoms with Gasteiger partial charge in [-0.25, -0.2) is 0 Å². The zero-order valence-corrected chi connectivity index (χ0v) is 9.52. The van der Waals surface area contributed by atoms with Crippen LogP contribution in [-0.4, -0.2) is 19.2 Å². The van der Waals surface area contributed by atoms with Crippen LogP contribution in [0.5, 0.6) is 5.75 Å². The first-order valence-corrected chi connectivity index (χ1v) is 4.90. The van der Waals surface area contributed by atoms with Crippen LogP contribution >= 0.6 is 11.6 Å². The smallest absolute Gasteiger partial charge is 0.397 e. The molecule has 0 saturated carbocycles. The molecule has 0 aliphatic heterocycles. The molecular weight excluding hydrogens is 259 g/mol. The van der Waals surface area contributed by atoms with Gasteiger partial charge >= 0.3 is 6.18 Å². The van der Waals surface area contributed by atoms with Crippen LogP contribution in [0.2, 0.25) is 5.02 Å². The van der Waals surface area contributed by atoms with Gasteiger partial charge in [-0.1, -0.05) is 11.6 Å². The van der Waals surface area contributed by atoms with Gasteiger partial charge < -0.3 is 10.1 Å². The van der Waals surface area contributed by atoms with Gasteiger partial charge in [0, 0.05) is 5.69 Å². The number of halogens is 4. The molecule has 0 radical (unpaired) electrons. The molecule has 0 atom stereocenters. The van der Waals surface area contributed by atoms with E-state index in [1.807, 2.05) is 0 Å². The maximum atomic E-state index is 11.9.